The van der Waals surface area contributed by atoms with Gasteiger partial charge in [0.1, 0.15) is 5.60 Å². The summed E-state index contributed by atoms with van der Waals surface area (Å²) in [5.74, 6) is 0. The SMILES string of the molecule is C1=CC=CC2(C=C1)CCCCO2. The van der Waals surface area contributed by atoms with Crippen molar-refractivity contribution in [2.45, 2.75) is 24.9 Å². The second-order valence-electron chi connectivity index (χ2n) is 3.36. The predicted octanol–water partition coefficient (Wildman–Crippen LogP) is 2.61. The zero-order chi connectivity index (χ0) is 8.28. The molecule has 0 atom stereocenters. The van der Waals surface area contributed by atoms with Crippen LogP contribution in [0.15, 0.2) is 36.5 Å². The van der Waals surface area contributed by atoms with Gasteiger partial charge in [0, 0.05) is 6.61 Å². The van der Waals surface area contributed by atoms with Gasteiger partial charge in [0.15, 0.2) is 0 Å². The number of allylic oxidation sites excluding steroid dienone is 4. The third kappa shape index (κ3) is 1.51. The maximum absolute atomic E-state index is 5.77. The van der Waals surface area contributed by atoms with Gasteiger partial charge in [0.05, 0.1) is 0 Å². The van der Waals surface area contributed by atoms with Crippen LogP contribution in [0.1, 0.15) is 19.3 Å². The van der Waals surface area contributed by atoms with Crippen molar-refractivity contribution in [3.05, 3.63) is 36.5 Å². The van der Waals surface area contributed by atoms with Crippen LogP contribution >= 0.6 is 0 Å². The monoisotopic (exact) mass is 162 g/mol. The zero-order valence-corrected chi connectivity index (χ0v) is 7.20. The highest BCUT2D eigenvalue weighted by molar-refractivity contribution is 5.26. The third-order valence-corrected chi connectivity index (χ3v) is 2.42. The molecule has 1 aliphatic carbocycles. The van der Waals surface area contributed by atoms with Gasteiger partial charge < -0.3 is 4.74 Å². The molecule has 0 aromatic rings. The van der Waals surface area contributed by atoms with E-state index in [1.165, 1.54) is 12.8 Å². The Kier molecular flexibility index (Phi) is 2.13. The Balaban J connectivity index is 2.18. The Morgan fingerprint density at radius 1 is 0.917 bits per heavy atom. The molecule has 0 N–H and O–H groups in total. The molecule has 1 fully saturated rings. The van der Waals surface area contributed by atoms with E-state index < -0.39 is 0 Å². The largest absolute Gasteiger partial charge is 0.367 e. The Morgan fingerprint density at radius 2 is 1.67 bits per heavy atom. The first-order valence-corrected chi connectivity index (χ1v) is 4.59. The van der Waals surface area contributed by atoms with E-state index in [0.29, 0.717) is 0 Å². The van der Waals surface area contributed by atoms with E-state index in [0.717, 1.165) is 13.0 Å². The number of ether oxygens (including phenoxy) is 1. The van der Waals surface area contributed by atoms with Gasteiger partial charge in [0.2, 0.25) is 0 Å². The predicted molar refractivity (Wildman–Crippen MR) is 50.0 cm³/mol. The lowest BCUT2D eigenvalue weighted by molar-refractivity contribution is -0.00876. The van der Waals surface area contributed by atoms with Crippen LogP contribution in [-0.2, 0) is 4.74 Å². The minimum atomic E-state index is -0.0816. The van der Waals surface area contributed by atoms with E-state index >= 15 is 0 Å². The third-order valence-electron chi connectivity index (χ3n) is 2.42. The maximum atomic E-state index is 5.77. The van der Waals surface area contributed by atoms with Crippen molar-refractivity contribution in [1.82, 2.24) is 0 Å². The second kappa shape index (κ2) is 3.28. The quantitative estimate of drug-likeness (QED) is 0.532. The highest BCUT2D eigenvalue weighted by Crippen LogP contribution is 2.28. The van der Waals surface area contributed by atoms with Crippen LogP contribution in [0.5, 0.6) is 0 Å². The van der Waals surface area contributed by atoms with Crippen LogP contribution in [0, 0.1) is 0 Å². The Labute approximate surface area is 73.4 Å². The van der Waals surface area contributed by atoms with Crippen molar-refractivity contribution < 1.29 is 4.74 Å². The topological polar surface area (TPSA) is 9.23 Å². The minimum Gasteiger partial charge on any atom is -0.367 e. The van der Waals surface area contributed by atoms with E-state index in [1.807, 2.05) is 12.2 Å². The molecule has 1 heteroatoms. The van der Waals surface area contributed by atoms with E-state index in [1.54, 1.807) is 0 Å². The zero-order valence-electron chi connectivity index (χ0n) is 7.20. The van der Waals surface area contributed by atoms with Crippen LogP contribution in [0.25, 0.3) is 0 Å². The molecule has 64 valence electrons. The summed E-state index contributed by atoms with van der Waals surface area (Å²) in [6.45, 7) is 0.898. The van der Waals surface area contributed by atoms with Gasteiger partial charge in [-0.25, -0.2) is 0 Å². The summed E-state index contributed by atoms with van der Waals surface area (Å²) in [6.07, 6.45) is 16.2. The van der Waals surface area contributed by atoms with Crippen molar-refractivity contribution in [2.75, 3.05) is 6.61 Å². The minimum absolute atomic E-state index is 0.0816. The van der Waals surface area contributed by atoms with Gasteiger partial charge in [0.25, 0.3) is 0 Å². The van der Waals surface area contributed by atoms with Gasteiger partial charge in [-0.15, -0.1) is 0 Å². The molecular weight excluding hydrogens is 148 g/mol. The summed E-state index contributed by atoms with van der Waals surface area (Å²) in [5, 5.41) is 0. The maximum Gasteiger partial charge on any atom is 0.105 e. The molecule has 2 aliphatic rings. The van der Waals surface area contributed by atoms with Crippen LogP contribution < -0.4 is 0 Å². The molecule has 2 rings (SSSR count). The summed E-state index contributed by atoms with van der Waals surface area (Å²) in [6, 6.07) is 0. The fourth-order valence-corrected chi connectivity index (χ4v) is 1.72. The summed E-state index contributed by atoms with van der Waals surface area (Å²) >= 11 is 0. The molecule has 1 spiro atoms. The van der Waals surface area contributed by atoms with Crippen molar-refractivity contribution in [2.24, 2.45) is 0 Å². The first-order chi connectivity index (χ1) is 5.91. The average molecular weight is 162 g/mol. The fourth-order valence-electron chi connectivity index (χ4n) is 1.72. The summed E-state index contributed by atoms with van der Waals surface area (Å²) in [7, 11) is 0. The lowest BCUT2D eigenvalue weighted by Gasteiger charge is -2.31. The molecule has 0 aromatic carbocycles. The van der Waals surface area contributed by atoms with Crippen LogP contribution in [0.2, 0.25) is 0 Å². The number of hydrogen-bond donors (Lipinski definition) is 0. The summed E-state index contributed by atoms with van der Waals surface area (Å²) in [4.78, 5) is 0. The lowest BCUT2D eigenvalue weighted by atomic mass is 9.93. The Bertz CT molecular complexity index is 211. The first kappa shape index (κ1) is 7.81. The highest BCUT2D eigenvalue weighted by Gasteiger charge is 2.27. The molecule has 1 heterocycles. The molecule has 1 aliphatic heterocycles. The van der Waals surface area contributed by atoms with Crippen molar-refractivity contribution >= 4 is 0 Å². The molecule has 0 unspecified atom stereocenters. The fraction of sp³-hybridized carbons (Fsp3) is 0.455. The molecule has 12 heavy (non-hydrogen) atoms. The van der Waals surface area contributed by atoms with Crippen molar-refractivity contribution in [1.29, 1.82) is 0 Å². The Hall–Kier alpha value is -0.820. The molecule has 0 amide bonds. The normalized spacial score (nSPS) is 26.0. The van der Waals surface area contributed by atoms with Crippen LogP contribution in [-0.4, -0.2) is 12.2 Å². The first-order valence-electron chi connectivity index (χ1n) is 4.59. The van der Waals surface area contributed by atoms with Gasteiger partial charge in [-0.1, -0.05) is 24.3 Å². The van der Waals surface area contributed by atoms with Crippen LogP contribution in [0.3, 0.4) is 0 Å². The van der Waals surface area contributed by atoms with Gasteiger partial charge in [-0.3, -0.25) is 0 Å². The summed E-state index contributed by atoms with van der Waals surface area (Å²) in [5.41, 5.74) is -0.0816. The van der Waals surface area contributed by atoms with Gasteiger partial charge in [-0.05, 0) is 31.4 Å². The second-order valence-corrected chi connectivity index (χ2v) is 3.36. The van der Waals surface area contributed by atoms with Gasteiger partial charge in [-0.2, -0.15) is 0 Å². The lowest BCUT2D eigenvalue weighted by Crippen LogP contribution is -2.31. The molecule has 0 saturated carbocycles. The van der Waals surface area contributed by atoms with Crippen LogP contribution in [0.4, 0.5) is 0 Å². The Morgan fingerprint density at radius 3 is 2.25 bits per heavy atom. The molecule has 0 bridgehead atoms. The van der Waals surface area contributed by atoms with E-state index in [2.05, 4.69) is 24.3 Å². The van der Waals surface area contributed by atoms with E-state index in [9.17, 15) is 0 Å². The molecule has 1 nitrogen and oxygen atoms in total. The van der Waals surface area contributed by atoms with Gasteiger partial charge >= 0.3 is 0 Å². The molecule has 0 radical (unpaired) electrons. The smallest absolute Gasteiger partial charge is 0.105 e. The van der Waals surface area contributed by atoms with Crippen molar-refractivity contribution in [3.8, 4) is 0 Å². The summed E-state index contributed by atoms with van der Waals surface area (Å²) < 4.78 is 5.77. The van der Waals surface area contributed by atoms with Crippen molar-refractivity contribution in [3.63, 3.8) is 0 Å². The highest BCUT2D eigenvalue weighted by atomic mass is 16.5. The standard InChI is InChI=1S/C11H14O/c1-2-4-8-11(7-3-1)9-5-6-10-12-11/h1-4,7-8H,5-6,9-10H2. The molecule has 0 aromatic heterocycles. The molecule has 1 saturated heterocycles. The van der Waals surface area contributed by atoms with E-state index in [-0.39, 0.29) is 5.60 Å². The number of rotatable bonds is 0. The molecular formula is C11H14O. The number of hydrogen-bond acceptors (Lipinski definition) is 1. The van der Waals surface area contributed by atoms with E-state index in [4.69, 9.17) is 4.74 Å². The average Bonchev–Trinajstić information content (AvgIpc) is 2.33.